The topological polar surface area (TPSA) is 76.7 Å². The Morgan fingerprint density at radius 1 is 0.571 bits per heavy atom. The maximum Gasteiger partial charge on any atom is 0.255 e. The van der Waals surface area contributed by atoms with E-state index in [4.69, 9.17) is 9.47 Å². The molecule has 0 aliphatic rings. The van der Waals surface area contributed by atoms with Gasteiger partial charge in [0.1, 0.15) is 11.5 Å². The third kappa shape index (κ3) is 9.33. The molecule has 0 aliphatic heterocycles. The third-order valence-electron chi connectivity index (χ3n) is 6.26. The van der Waals surface area contributed by atoms with Crippen LogP contribution in [-0.4, -0.2) is 25.0 Å². The molecule has 0 saturated heterocycles. The summed E-state index contributed by atoms with van der Waals surface area (Å²) in [6.07, 6.45) is 4.13. The zero-order valence-corrected chi connectivity index (χ0v) is 25.6. The van der Waals surface area contributed by atoms with E-state index < -0.39 is 0 Å². The highest BCUT2D eigenvalue weighted by atomic mass is 33.1. The Morgan fingerprint density at radius 3 is 1.33 bits per heavy atom. The quantitative estimate of drug-likeness (QED) is 0.105. The number of unbranched alkanes of at least 4 members (excludes halogenated alkanes) is 2. The molecule has 0 aliphatic carbocycles. The van der Waals surface area contributed by atoms with Crippen LogP contribution in [0.3, 0.4) is 0 Å². The van der Waals surface area contributed by atoms with Crippen molar-refractivity contribution >= 4 is 44.8 Å². The Labute approximate surface area is 256 Å². The molecule has 0 unspecified atom stereocenters. The molecule has 0 atom stereocenters. The van der Waals surface area contributed by atoms with E-state index in [2.05, 4.69) is 24.5 Å². The number of hydrogen-bond donors (Lipinski definition) is 2. The first kappa shape index (κ1) is 31.1. The van der Waals surface area contributed by atoms with Gasteiger partial charge in [-0.2, -0.15) is 0 Å². The van der Waals surface area contributed by atoms with E-state index in [1.807, 2.05) is 72.8 Å². The molecule has 0 aromatic heterocycles. The van der Waals surface area contributed by atoms with Crippen molar-refractivity contribution in [1.82, 2.24) is 0 Å². The van der Waals surface area contributed by atoms with E-state index in [0.717, 1.165) is 47.0 Å². The fraction of sp³-hybridized carbons (Fsp3) is 0.235. The molecule has 8 heteroatoms. The van der Waals surface area contributed by atoms with Crippen molar-refractivity contribution in [3.8, 4) is 11.5 Å². The Bertz CT molecular complexity index is 1330. The minimum Gasteiger partial charge on any atom is -0.494 e. The van der Waals surface area contributed by atoms with Gasteiger partial charge in [0.25, 0.3) is 11.8 Å². The zero-order valence-electron chi connectivity index (χ0n) is 23.9. The normalized spacial score (nSPS) is 10.6. The summed E-state index contributed by atoms with van der Waals surface area (Å²) in [4.78, 5) is 27.8. The highest BCUT2D eigenvalue weighted by Gasteiger charge is 2.13. The average molecular weight is 601 g/mol. The second kappa shape index (κ2) is 16.5. The summed E-state index contributed by atoms with van der Waals surface area (Å²) in [6.45, 7) is 5.57. The molecule has 0 bridgehead atoms. The van der Waals surface area contributed by atoms with Gasteiger partial charge in [-0.25, -0.2) is 0 Å². The van der Waals surface area contributed by atoms with E-state index >= 15 is 0 Å². The molecular formula is C34H36N2O4S2. The van der Waals surface area contributed by atoms with Crippen molar-refractivity contribution in [2.45, 2.75) is 49.3 Å². The van der Waals surface area contributed by atoms with Crippen molar-refractivity contribution in [2.24, 2.45) is 0 Å². The van der Waals surface area contributed by atoms with Crippen LogP contribution in [0.2, 0.25) is 0 Å². The summed E-state index contributed by atoms with van der Waals surface area (Å²) in [6, 6.07) is 29.7. The predicted molar refractivity (Wildman–Crippen MR) is 174 cm³/mol. The van der Waals surface area contributed by atoms with Gasteiger partial charge in [-0.1, -0.05) is 72.5 Å². The third-order valence-corrected chi connectivity index (χ3v) is 8.74. The molecule has 0 heterocycles. The number of nitrogens with one attached hydrogen (secondary N) is 2. The molecule has 4 aromatic rings. The van der Waals surface area contributed by atoms with Gasteiger partial charge < -0.3 is 20.1 Å². The van der Waals surface area contributed by atoms with E-state index in [0.29, 0.717) is 35.7 Å². The minimum atomic E-state index is -0.192. The second-order valence-corrected chi connectivity index (χ2v) is 11.7. The monoisotopic (exact) mass is 600 g/mol. The molecule has 2 N–H and O–H groups in total. The molecular weight excluding hydrogens is 565 g/mol. The SMILES string of the molecule is CCCCOc1ccc(C(=O)Nc2ccccc2SSc2ccccc2NC(=O)c2ccc(OCCCC)cc2)cc1. The fourth-order valence-corrected chi connectivity index (χ4v) is 6.11. The minimum absolute atomic E-state index is 0.192. The summed E-state index contributed by atoms with van der Waals surface area (Å²) in [7, 11) is 3.03. The molecule has 0 radical (unpaired) electrons. The fourth-order valence-electron chi connectivity index (χ4n) is 3.84. The standard InChI is InChI=1S/C34H36N2O4S2/c1-3-5-23-39-27-19-15-25(16-20-27)33(37)35-29-11-7-9-13-31(29)41-42-32-14-10-8-12-30(32)36-34(38)26-17-21-28(22-18-26)40-24-6-4-2/h7-22H,3-6,23-24H2,1-2H3,(H,35,37)(H,36,38). The summed E-state index contributed by atoms with van der Waals surface area (Å²) in [5.41, 5.74) is 2.54. The number of benzene rings is 4. The van der Waals surface area contributed by atoms with Crippen LogP contribution in [0.25, 0.3) is 0 Å². The Hall–Kier alpha value is -3.88. The number of ether oxygens (including phenoxy) is 2. The van der Waals surface area contributed by atoms with Crippen LogP contribution in [0.1, 0.15) is 60.2 Å². The lowest BCUT2D eigenvalue weighted by Crippen LogP contribution is -2.12. The predicted octanol–water partition coefficient (Wildman–Crippen LogP) is 9.35. The van der Waals surface area contributed by atoms with Crippen LogP contribution < -0.4 is 20.1 Å². The second-order valence-electron chi connectivity index (χ2n) is 9.52. The smallest absolute Gasteiger partial charge is 0.255 e. The lowest BCUT2D eigenvalue weighted by molar-refractivity contribution is 0.101. The molecule has 0 spiro atoms. The highest BCUT2D eigenvalue weighted by molar-refractivity contribution is 8.76. The largest absolute Gasteiger partial charge is 0.494 e. The maximum atomic E-state index is 13.0. The number of carbonyl (C=O) groups is 2. The summed E-state index contributed by atoms with van der Waals surface area (Å²) in [5.74, 6) is 1.13. The van der Waals surface area contributed by atoms with Gasteiger partial charge in [0.15, 0.2) is 0 Å². The first-order valence-electron chi connectivity index (χ1n) is 14.2. The molecule has 0 fully saturated rings. The number of rotatable bonds is 15. The first-order chi connectivity index (χ1) is 20.6. The number of hydrogen-bond acceptors (Lipinski definition) is 6. The summed E-state index contributed by atoms with van der Waals surface area (Å²) >= 11 is 0. The molecule has 4 aromatic carbocycles. The van der Waals surface area contributed by atoms with Crippen LogP contribution in [0.15, 0.2) is 107 Å². The van der Waals surface area contributed by atoms with Crippen molar-refractivity contribution in [3.63, 3.8) is 0 Å². The summed E-state index contributed by atoms with van der Waals surface area (Å²) < 4.78 is 11.4. The highest BCUT2D eigenvalue weighted by Crippen LogP contribution is 2.43. The van der Waals surface area contributed by atoms with E-state index in [9.17, 15) is 9.59 Å². The van der Waals surface area contributed by atoms with Gasteiger partial charge in [-0.15, -0.1) is 0 Å². The van der Waals surface area contributed by atoms with Crippen LogP contribution in [-0.2, 0) is 0 Å². The zero-order chi connectivity index (χ0) is 29.6. The van der Waals surface area contributed by atoms with Gasteiger partial charge in [-0.3, -0.25) is 9.59 Å². The Balaban J connectivity index is 1.37. The van der Waals surface area contributed by atoms with Crippen molar-refractivity contribution < 1.29 is 19.1 Å². The van der Waals surface area contributed by atoms with E-state index in [1.54, 1.807) is 24.3 Å². The molecule has 218 valence electrons. The molecule has 0 saturated carbocycles. The Morgan fingerprint density at radius 2 is 0.952 bits per heavy atom. The van der Waals surface area contributed by atoms with Crippen LogP contribution in [0.4, 0.5) is 11.4 Å². The van der Waals surface area contributed by atoms with E-state index in [1.165, 1.54) is 21.6 Å². The van der Waals surface area contributed by atoms with Crippen molar-refractivity contribution in [3.05, 3.63) is 108 Å². The molecule has 2 amide bonds. The number of anilines is 2. The maximum absolute atomic E-state index is 13.0. The molecule has 42 heavy (non-hydrogen) atoms. The Kier molecular flexibility index (Phi) is 12.2. The van der Waals surface area contributed by atoms with Gasteiger partial charge in [0.2, 0.25) is 0 Å². The van der Waals surface area contributed by atoms with Gasteiger partial charge in [0, 0.05) is 20.9 Å². The van der Waals surface area contributed by atoms with Gasteiger partial charge in [-0.05, 0) is 85.6 Å². The molecule has 6 nitrogen and oxygen atoms in total. The molecule has 4 rings (SSSR count). The van der Waals surface area contributed by atoms with Crippen LogP contribution >= 0.6 is 21.6 Å². The van der Waals surface area contributed by atoms with Gasteiger partial charge >= 0.3 is 0 Å². The number of para-hydroxylation sites is 2. The number of amides is 2. The lowest BCUT2D eigenvalue weighted by Gasteiger charge is -2.13. The van der Waals surface area contributed by atoms with E-state index in [-0.39, 0.29) is 11.8 Å². The average Bonchev–Trinajstić information content (AvgIpc) is 3.02. The number of carbonyl (C=O) groups excluding carboxylic acids is 2. The van der Waals surface area contributed by atoms with Crippen LogP contribution in [0, 0.1) is 0 Å². The van der Waals surface area contributed by atoms with Crippen molar-refractivity contribution in [1.29, 1.82) is 0 Å². The summed E-state index contributed by atoms with van der Waals surface area (Å²) in [5, 5.41) is 6.06. The van der Waals surface area contributed by atoms with Crippen LogP contribution in [0.5, 0.6) is 11.5 Å². The lowest BCUT2D eigenvalue weighted by atomic mass is 10.2. The van der Waals surface area contributed by atoms with Crippen molar-refractivity contribution in [2.75, 3.05) is 23.8 Å². The first-order valence-corrected chi connectivity index (χ1v) is 16.3. The van der Waals surface area contributed by atoms with Gasteiger partial charge in [0.05, 0.1) is 24.6 Å².